The average molecular weight is 323 g/mol. The third-order valence-corrected chi connectivity index (χ3v) is 4.30. The Balaban J connectivity index is 1.85. The average Bonchev–Trinajstić information content (AvgIpc) is 3.00. The molecule has 0 aliphatic rings. The first-order valence-corrected chi connectivity index (χ1v) is 8.49. The Morgan fingerprint density at radius 1 is 1.25 bits per heavy atom. The molecule has 0 saturated heterocycles. The Morgan fingerprint density at radius 2 is 2.05 bits per heavy atom. The first-order chi connectivity index (χ1) is 9.76. The fraction of sp³-hybridized carbons (Fsp3) is 0.154. The van der Waals surface area contributed by atoms with Gasteiger partial charge in [-0.2, -0.15) is 21.4 Å². The summed E-state index contributed by atoms with van der Waals surface area (Å²) in [4.78, 5) is 0.824. The van der Waals surface area contributed by atoms with E-state index in [2.05, 4.69) is 15.3 Å². The molecule has 0 aliphatic carbocycles. The number of aromatic nitrogens is 4. The number of hydrogen-bond acceptors (Lipinski definition) is 5. The predicted octanol–water partition coefficient (Wildman–Crippen LogP) is 3.87. The number of fused-ring (bicyclic) bond motifs is 1. The molecular formula is C13H11ClN4S2. The Morgan fingerprint density at radius 3 is 2.80 bits per heavy atom. The van der Waals surface area contributed by atoms with Gasteiger partial charge in [0.05, 0.1) is 5.75 Å². The van der Waals surface area contributed by atoms with E-state index in [1.54, 1.807) is 11.8 Å². The van der Waals surface area contributed by atoms with Crippen LogP contribution in [0.4, 0.5) is 0 Å². The van der Waals surface area contributed by atoms with E-state index in [0.29, 0.717) is 0 Å². The van der Waals surface area contributed by atoms with Gasteiger partial charge in [-0.15, -0.1) is 10.2 Å². The highest BCUT2D eigenvalue weighted by molar-refractivity contribution is 7.97. The molecule has 0 amide bonds. The van der Waals surface area contributed by atoms with E-state index in [0.717, 1.165) is 32.1 Å². The summed E-state index contributed by atoms with van der Waals surface area (Å²) in [5.41, 5.74) is 1.09. The summed E-state index contributed by atoms with van der Waals surface area (Å²) in [6.07, 6.45) is 6.02. The van der Waals surface area contributed by atoms with Gasteiger partial charge in [0.1, 0.15) is 5.01 Å². The number of benzene rings is 1. The first-order valence-electron chi connectivity index (χ1n) is 5.90. The Bertz CT molecular complexity index is 745. The lowest BCUT2D eigenvalue weighted by atomic mass is 10.2. The van der Waals surface area contributed by atoms with Crippen LogP contribution in [0.15, 0.2) is 24.3 Å². The van der Waals surface area contributed by atoms with Crippen molar-refractivity contribution in [2.75, 3.05) is 6.26 Å². The van der Waals surface area contributed by atoms with Gasteiger partial charge in [-0.05, 0) is 30.0 Å². The Labute approximate surface area is 129 Å². The zero-order chi connectivity index (χ0) is 13.9. The lowest BCUT2D eigenvalue weighted by Gasteiger charge is -1.92. The van der Waals surface area contributed by atoms with Gasteiger partial charge < -0.3 is 0 Å². The SMILES string of the molecule is CSCc1nnc2sc(/C=C/c3ccc(Cl)cc3)nn12. The highest BCUT2D eigenvalue weighted by atomic mass is 35.5. The highest BCUT2D eigenvalue weighted by Gasteiger charge is 2.09. The van der Waals surface area contributed by atoms with E-state index in [1.165, 1.54) is 11.3 Å². The van der Waals surface area contributed by atoms with Crippen molar-refractivity contribution in [3.8, 4) is 0 Å². The number of nitrogens with zero attached hydrogens (tertiary/aromatic N) is 4. The van der Waals surface area contributed by atoms with Gasteiger partial charge in [-0.1, -0.05) is 41.1 Å². The molecule has 0 fully saturated rings. The summed E-state index contributed by atoms with van der Waals surface area (Å²) in [7, 11) is 0. The summed E-state index contributed by atoms with van der Waals surface area (Å²) in [6, 6.07) is 7.68. The van der Waals surface area contributed by atoms with E-state index in [-0.39, 0.29) is 0 Å². The predicted molar refractivity (Wildman–Crippen MR) is 86.3 cm³/mol. The molecule has 0 spiro atoms. The zero-order valence-electron chi connectivity index (χ0n) is 10.7. The number of rotatable bonds is 4. The Kier molecular flexibility index (Phi) is 4.05. The number of halogens is 1. The second-order valence-electron chi connectivity index (χ2n) is 4.07. The minimum absolute atomic E-state index is 0.739. The van der Waals surface area contributed by atoms with Gasteiger partial charge >= 0.3 is 0 Å². The van der Waals surface area contributed by atoms with Crippen molar-refractivity contribution < 1.29 is 0 Å². The summed E-state index contributed by atoms with van der Waals surface area (Å²) < 4.78 is 1.81. The lowest BCUT2D eigenvalue weighted by Crippen LogP contribution is -1.93. The molecule has 0 radical (unpaired) electrons. The standard InChI is InChI=1S/C13H11ClN4S2/c1-19-8-11-15-16-13-18(11)17-12(20-13)7-4-9-2-5-10(14)6-3-9/h2-7H,8H2,1H3/b7-4+. The van der Waals surface area contributed by atoms with Gasteiger partial charge in [-0.25, -0.2) is 0 Å². The fourth-order valence-corrected chi connectivity index (χ4v) is 3.02. The van der Waals surface area contributed by atoms with Crippen LogP contribution in [0, 0.1) is 0 Å². The molecular weight excluding hydrogens is 312 g/mol. The maximum Gasteiger partial charge on any atom is 0.234 e. The molecule has 4 nitrogen and oxygen atoms in total. The number of thioether (sulfide) groups is 1. The maximum absolute atomic E-state index is 5.86. The van der Waals surface area contributed by atoms with Crippen molar-refractivity contribution in [1.29, 1.82) is 0 Å². The lowest BCUT2D eigenvalue weighted by molar-refractivity contribution is 0.881. The van der Waals surface area contributed by atoms with Gasteiger partial charge in [0, 0.05) is 5.02 Å². The van der Waals surface area contributed by atoms with Crippen LogP contribution in [0.5, 0.6) is 0 Å². The van der Waals surface area contributed by atoms with Crippen molar-refractivity contribution in [3.63, 3.8) is 0 Å². The molecule has 3 rings (SSSR count). The molecule has 0 N–H and O–H groups in total. The number of hydrogen-bond donors (Lipinski definition) is 0. The monoisotopic (exact) mass is 322 g/mol. The van der Waals surface area contributed by atoms with Crippen LogP contribution in [0.3, 0.4) is 0 Å². The summed E-state index contributed by atoms with van der Waals surface area (Å²) in [6.45, 7) is 0. The maximum atomic E-state index is 5.86. The van der Waals surface area contributed by atoms with Crippen LogP contribution in [0.1, 0.15) is 16.4 Å². The van der Waals surface area contributed by atoms with Crippen molar-refractivity contribution in [1.82, 2.24) is 19.8 Å². The van der Waals surface area contributed by atoms with Gasteiger partial charge in [0.25, 0.3) is 0 Å². The van der Waals surface area contributed by atoms with E-state index < -0.39 is 0 Å². The molecule has 0 atom stereocenters. The fourth-order valence-electron chi connectivity index (χ4n) is 1.70. The van der Waals surface area contributed by atoms with Crippen LogP contribution in [-0.4, -0.2) is 26.1 Å². The molecule has 20 heavy (non-hydrogen) atoms. The molecule has 102 valence electrons. The minimum Gasteiger partial charge on any atom is -0.186 e. The largest absolute Gasteiger partial charge is 0.234 e. The third-order valence-electron chi connectivity index (χ3n) is 2.63. The first kappa shape index (κ1) is 13.6. The minimum atomic E-state index is 0.739. The van der Waals surface area contributed by atoms with Crippen molar-refractivity contribution in [3.05, 3.63) is 45.7 Å². The van der Waals surface area contributed by atoms with Gasteiger partial charge in [0.15, 0.2) is 5.82 Å². The van der Waals surface area contributed by atoms with Crippen LogP contribution in [-0.2, 0) is 5.75 Å². The molecule has 0 saturated carbocycles. The van der Waals surface area contributed by atoms with Crippen molar-refractivity contribution >= 4 is 51.8 Å². The van der Waals surface area contributed by atoms with Crippen molar-refractivity contribution in [2.24, 2.45) is 0 Å². The highest BCUT2D eigenvalue weighted by Crippen LogP contribution is 2.18. The molecule has 2 heterocycles. The summed E-state index contributed by atoms with van der Waals surface area (Å²) in [5, 5.41) is 14.4. The molecule has 0 bridgehead atoms. The normalized spacial score (nSPS) is 11.7. The van der Waals surface area contributed by atoms with Crippen molar-refractivity contribution in [2.45, 2.75) is 5.75 Å². The van der Waals surface area contributed by atoms with Gasteiger partial charge in [-0.3, -0.25) is 0 Å². The van der Waals surface area contributed by atoms with Crippen LogP contribution in [0.25, 0.3) is 17.1 Å². The molecule has 0 unspecified atom stereocenters. The van der Waals surface area contributed by atoms with E-state index >= 15 is 0 Å². The topological polar surface area (TPSA) is 43.1 Å². The Hall–Kier alpha value is -1.37. The molecule has 2 aromatic heterocycles. The summed E-state index contributed by atoms with van der Waals surface area (Å²) in [5.74, 6) is 1.69. The van der Waals surface area contributed by atoms with Gasteiger partial charge in [0.2, 0.25) is 4.96 Å². The van der Waals surface area contributed by atoms with Crippen LogP contribution >= 0.6 is 34.7 Å². The third kappa shape index (κ3) is 2.87. The van der Waals surface area contributed by atoms with E-state index in [4.69, 9.17) is 11.6 Å². The van der Waals surface area contributed by atoms with E-state index in [1.807, 2.05) is 47.2 Å². The van der Waals surface area contributed by atoms with Crippen LogP contribution < -0.4 is 0 Å². The second-order valence-corrected chi connectivity index (χ2v) is 6.36. The molecule has 3 aromatic rings. The summed E-state index contributed by atoms with van der Waals surface area (Å²) >= 11 is 9.09. The zero-order valence-corrected chi connectivity index (χ0v) is 13.0. The quantitative estimate of drug-likeness (QED) is 0.731. The smallest absolute Gasteiger partial charge is 0.186 e. The van der Waals surface area contributed by atoms with E-state index in [9.17, 15) is 0 Å². The molecule has 0 aliphatic heterocycles. The molecule has 1 aromatic carbocycles. The second kappa shape index (κ2) is 5.95. The molecule has 7 heteroatoms. The van der Waals surface area contributed by atoms with Crippen LogP contribution in [0.2, 0.25) is 5.02 Å².